The van der Waals surface area contributed by atoms with Gasteiger partial charge in [-0.05, 0) is 38.9 Å². The van der Waals surface area contributed by atoms with E-state index < -0.39 is 86.8 Å². The second kappa shape index (κ2) is 9.10. The number of nitrogens with zero attached hydrogens (tertiary/aromatic N) is 2. The molecule has 204 valence electrons. The van der Waals surface area contributed by atoms with Crippen LogP contribution in [-0.2, 0) is 22.6 Å². The largest absolute Gasteiger partial charge is 0.510 e. The Bertz CT molecular complexity index is 1350. The molecule has 1 aromatic carbocycles. The maximum absolute atomic E-state index is 15.7. The number of hydrogen-bond donors (Lipinski definition) is 6. The number of allylic oxidation sites excluding steroid dienone is 1. The number of ketones is 2. The lowest BCUT2D eigenvalue weighted by Crippen LogP contribution is -2.63. The Morgan fingerprint density at radius 2 is 1.84 bits per heavy atom. The zero-order valence-electron chi connectivity index (χ0n) is 21.2. The maximum atomic E-state index is 15.7. The summed E-state index contributed by atoms with van der Waals surface area (Å²) < 4.78 is 15.7. The first kappa shape index (κ1) is 27.1. The summed E-state index contributed by atoms with van der Waals surface area (Å²) in [5.41, 5.74) is 0.625. The lowest BCUT2D eigenvalue weighted by atomic mass is 9.58. The van der Waals surface area contributed by atoms with E-state index >= 15 is 4.39 Å². The number of hydrogen-bond acceptors (Lipinski definition) is 9. The van der Waals surface area contributed by atoms with Gasteiger partial charge < -0.3 is 36.4 Å². The lowest BCUT2D eigenvalue weighted by molar-refractivity contribution is -0.148. The number of fused-ring (bicyclic) bond motifs is 3. The predicted molar refractivity (Wildman–Crippen MR) is 130 cm³/mol. The number of carbonyl (C=O) groups is 4. The molecule has 0 saturated carbocycles. The van der Waals surface area contributed by atoms with Crippen molar-refractivity contribution in [3.8, 4) is 5.75 Å². The van der Waals surface area contributed by atoms with Gasteiger partial charge in [0.15, 0.2) is 11.4 Å². The molecule has 0 aromatic heterocycles. The molecule has 12 nitrogen and oxygen atoms in total. The summed E-state index contributed by atoms with van der Waals surface area (Å²) in [6.07, 6.45) is -0.347. The number of aliphatic hydroxyl groups excluding tert-OH is 2. The van der Waals surface area contributed by atoms with E-state index in [9.17, 15) is 39.6 Å². The molecule has 4 rings (SSSR count). The Balaban J connectivity index is 1.88. The molecule has 38 heavy (non-hydrogen) atoms. The van der Waals surface area contributed by atoms with E-state index in [1.54, 1.807) is 0 Å². The van der Waals surface area contributed by atoms with Crippen LogP contribution >= 0.6 is 0 Å². The summed E-state index contributed by atoms with van der Waals surface area (Å²) in [6, 6.07) is -0.644. The molecule has 0 fully saturated rings. The van der Waals surface area contributed by atoms with E-state index in [4.69, 9.17) is 5.73 Å². The van der Waals surface area contributed by atoms with Gasteiger partial charge in [0.1, 0.15) is 28.7 Å². The third kappa shape index (κ3) is 3.64. The number of Topliss-reactive ketones (excluding diaryl/α,β-unsaturated/α-hetero) is 2. The molecular formula is C25H29FN4O8. The van der Waals surface area contributed by atoms with Crippen molar-refractivity contribution in [3.05, 3.63) is 51.2 Å². The predicted octanol–water partition coefficient (Wildman–Crippen LogP) is 0.0309. The molecule has 0 aliphatic heterocycles. The summed E-state index contributed by atoms with van der Waals surface area (Å²) in [7, 11) is 5.85. The molecule has 4 atom stereocenters. The van der Waals surface area contributed by atoms with Gasteiger partial charge in [0.05, 0.1) is 18.2 Å². The van der Waals surface area contributed by atoms with Gasteiger partial charge in [-0.1, -0.05) is 0 Å². The fourth-order valence-corrected chi connectivity index (χ4v) is 5.99. The molecule has 0 bridgehead atoms. The van der Waals surface area contributed by atoms with E-state index in [2.05, 4.69) is 5.32 Å². The number of urea groups is 1. The van der Waals surface area contributed by atoms with Crippen LogP contribution in [0.1, 0.15) is 27.9 Å². The van der Waals surface area contributed by atoms with Crippen molar-refractivity contribution in [2.24, 2.45) is 17.6 Å². The first-order chi connectivity index (χ1) is 17.7. The number of phenols is 1. The smallest absolute Gasteiger partial charge is 0.317 e. The van der Waals surface area contributed by atoms with Crippen LogP contribution in [0.2, 0.25) is 0 Å². The van der Waals surface area contributed by atoms with Crippen LogP contribution in [0, 0.1) is 17.7 Å². The summed E-state index contributed by atoms with van der Waals surface area (Å²) in [4.78, 5) is 53.3. The molecule has 1 unspecified atom stereocenters. The number of nitrogens with one attached hydrogen (secondary N) is 1. The Hall–Kier alpha value is -3.97. The van der Waals surface area contributed by atoms with Crippen LogP contribution < -0.4 is 11.1 Å². The highest BCUT2D eigenvalue weighted by Gasteiger charge is 2.63. The molecule has 0 saturated heterocycles. The van der Waals surface area contributed by atoms with E-state index in [-0.39, 0.29) is 30.5 Å². The summed E-state index contributed by atoms with van der Waals surface area (Å²) >= 11 is 0. The molecular weight excluding hydrogens is 503 g/mol. The number of aromatic hydroxyl groups is 1. The Morgan fingerprint density at radius 1 is 1.21 bits per heavy atom. The standard InChI is InChI=1S/C25H29FN4O8/c1-28-24(37)30(4)8-10-7-13(31)15-11(17(10)26)5-9-6-12-18(29(2)3)20(33)16(23(27)36)22(35)25(12,38)21(34)14(9)19(15)32/h7,9,12,18,31,33-34,38H,5-6,8H2,1-4H3,(H2,27,36)(H,28,37)/t9-,12-,18?,25-/m0/s1. The summed E-state index contributed by atoms with van der Waals surface area (Å²) in [5, 5.41) is 46.6. The van der Waals surface area contributed by atoms with Crippen LogP contribution in [0.5, 0.6) is 5.75 Å². The average Bonchev–Trinajstić information content (AvgIpc) is 2.83. The van der Waals surface area contributed by atoms with Gasteiger partial charge in [0.2, 0.25) is 5.78 Å². The zero-order chi connectivity index (χ0) is 28.4. The highest BCUT2D eigenvalue weighted by molar-refractivity contribution is 6.24. The van der Waals surface area contributed by atoms with Crippen molar-refractivity contribution in [1.82, 2.24) is 15.1 Å². The van der Waals surface area contributed by atoms with E-state index in [0.29, 0.717) is 0 Å². The molecule has 3 amide bonds. The third-order valence-corrected chi connectivity index (χ3v) is 7.70. The molecule has 3 aliphatic carbocycles. The van der Waals surface area contributed by atoms with Crippen molar-refractivity contribution in [2.75, 3.05) is 28.2 Å². The van der Waals surface area contributed by atoms with E-state index in [1.807, 2.05) is 0 Å². The monoisotopic (exact) mass is 532 g/mol. The van der Waals surface area contributed by atoms with E-state index in [1.165, 1.54) is 38.0 Å². The average molecular weight is 533 g/mol. The topological polar surface area (TPSA) is 194 Å². The van der Waals surface area contributed by atoms with Crippen molar-refractivity contribution in [2.45, 2.75) is 31.0 Å². The van der Waals surface area contributed by atoms with Gasteiger partial charge in [0.25, 0.3) is 5.91 Å². The zero-order valence-corrected chi connectivity index (χ0v) is 21.2. The summed E-state index contributed by atoms with van der Waals surface area (Å²) in [6.45, 7) is -0.215. The van der Waals surface area contributed by atoms with Gasteiger partial charge in [0, 0.05) is 36.7 Å². The number of nitrogens with two attached hydrogens (primary N) is 1. The normalized spacial score (nSPS) is 26.7. The molecule has 0 heterocycles. The fraction of sp³-hybridized carbons (Fsp3) is 0.440. The minimum Gasteiger partial charge on any atom is -0.510 e. The van der Waals surface area contributed by atoms with Crippen LogP contribution in [0.3, 0.4) is 0 Å². The molecule has 3 aliphatic rings. The van der Waals surface area contributed by atoms with Crippen LogP contribution in [-0.4, -0.2) is 93.6 Å². The number of aliphatic hydroxyl groups is 3. The maximum Gasteiger partial charge on any atom is 0.317 e. The minimum atomic E-state index is -2.77. The molecule has 0 spiro atoms. The summed E-state index contributed by atoms with van der Waals surface area (Å²) in [5.74, 6) is -8.91. The van der Waals surface area contributed by atoms with Crippen LogP contribution in [0.4, 0.5) is 9.18 Å². The van der Waals surface area contributed by atoms with Crippen molar-refractivity contribution >= 4 is 23.5 Å². The fourth-order valence-electron chi connectivity index (χ4n) is 5.99. The number of carbonyl (C=O) groups excluding carboxylic acids is 4. The number of benzene rings is 1. The number of amides is 3. The molecule has 13 heteroatoms. The quantitative estimate of drug-likeness (QED) is 0.290. The van der Waals surface area contributed by atoms with E-state index in [0.717, 1.165) is 6.07 Å². The number of phenolic OH excluding ortho intramolecular Hbond substituents is 1. The first-order valence-corrected chi connectivity index (χ1v) is 11.8. The highest BCUT2D eigenvalue weighted by Crippen LogP contribution is 2.52. The second-order valence-electron chi connectivity index (χ2n) is 10.1. The molecule has 1 aromatic rings. The van der Waals surface area contributed by atoms with Gasteiger partial charge >= 0.3 is 6.03 Å². The number of likely N-dealkylation sites (N-methyl/N-ethyl adjacent to an activating group) is 1. The van der Waals surface area contributed by atoms with Crippen molar-refractivity contribution in [3.63, 3.8) is 0 Å². The molecule has 7 N–H and O–H groups in total. The van der Waals surface area contributed by atoms with Gasteiger partial charge in [-0.3, -0.25) is 19.3 Å². The first-order valence-electron chi connectivity index (χ1n) is 11.8. The van der Waals surface area contributed by atoms with Gasteiger partial charge in [-0.2, -0.15) is 0 Å². The third-order valence-electron chi connectivity index (χ3n) is 7.70. The Morgan fingerprint density at radius 3 is 2.39 bits per heavy atom. The van der Waals surface area contributed by atoms with Gasteiger partial charge in [-0.25, -0.2) is 9.18 Å². The minimum absolute atomic E-state index is 0.0465. The van der Waals surface area contributed by atoms with Gasteiger partial charge in [-0.15, -0.1) is 0 Å². The molecule has 0 radical (unpaired) electrons. The Labute approximate surface area is 216 Å². The lowest BCUT2D eigenvalue weighted by Gasteiger charge is -2.50. The van der Waals surface area contributed by atoms with Crippen molar-refractivity contribution in [1.29, 1.82) is 0 Å². The number of halogens is 1. The van der Waals surface area contributed by atoms with Crippen LogP contribution in [0.25, 0.3) is 0 Å². The number of rotatable bonds is 4. The van der Waals surface area contributed by atoms with Crippen molar-refractivity contribution < 1.29 is 44.0 Å². The second-order valence-corrected chi connectivity index (χ2v) is 10.1. The highest BCUT2D eigenvalue weighted by atomic mass is 19.1. The number of primary amides is 1. The Kier molecular flexibility index (Phi) is 6.48. The van der Waals surface area contributed by atoms with Crippen LogP contribution in [0.15, 0.2) is 28.7 Å². The SMILES string of the molecule is CNC(=O)N(C)Cc1cc(O)c2c(c1F)C[C@H]1C[C@H]3C(N(C)C)C(O)=C(C(N)=O)C(=O)[C@@]3(O)C(O)=C1C2=O.